The van der Waals surface area contributed by atoms with Crippen LogP contribution < -0.4 is 10.9 Å². The lowest BCUT2D eigenvalue weighted by Crippen LogP contribution is -2.49. The first-order valence-electron chi connectivity index (χ1n) is 11.5. The average Bonchev–Trinajstić information content (AvgIpc) is 2.81. The Labute approximate surface area is 229 Å². The highest BCUT2D eigenvalue weighted by Crippen LogP contribution is 2.44. The van der Waals surface area contributed by atoms with Crippen molar-refractivity contribution in [2.75, 3.05) is 6.54 Å². The zero-order valence-electron chi connectivity index (χ0n) is 19.6. The summed E-state index contributed by atoms with van der Waals surface area (Å²) < 4.78 is 14.6. The van der Waals surface area contributed by atoms with Crippen molar-refractivity contribution in [1.82, 2.24) is 10.3 Å². The van der Waals surface area contributed by atoms with Crippen LogP contribution in [0, 0.1) is 12.7 Å². The number of pyridine rings is 1. The lowest BCUT2D eigenvalue weighted by molar-refractivity contribution is -0.0194. The molecule has 36 heavy (non-hydrogen) atoms. The Balaban J connectivity index is 0.00000304. The zero-order chi connectivity index (χ0) is 24.7. The number of aromatic amines is 1. The lowest BCUT2D eigenvalue weighted by Gasteiger charge is -2.43. The number of piperidine rings is 1. The molecule has 1 aliphatic heterocycles. The predicted molar refractivity (Wildman–Crippen MR) is 152 cm³/mol. The van der Waals surface area contributed by atoms with Gasteiger partial charge in [-0.1, -0.05) is 45.7 Å². The maximum Gasteiger partial charge on any atom is 0.252 e. The van der Waals surface area contributed by atoms with E-state index in [-0.39, 0.29) is 30.9 Å². The van der Waals surface area contributed by atoms with Gasteiger partial charge in [0.05, 0.1) is 5.60 Å². The quantitative estimate of drug-likeness (QED) is 0.255. The Kier molecular flexibility index (Phi) is 7.98. The van der Waals surface area contributed by atoms with E-state index in [1.807, 2.05) is 43.3 Å². The van der Waals surface area contributed by atoms with Crippen LogP contribution in [0.1, 0.15) is 47.1 Å². The summed E-state index contributed by atoms with van der Waals surface area (Å²) in [5, 5.41) is 17.2. The van der Waals surface area contributed by atoms with Crippen molar-refractivity contribution >= 4 is 51.9 Å². The maximum absolute atomic E-state index is 13.7. The van der Waals surface area contributed by atoms with Gasteiger partial charge in [0.15, 0.2) is 0 Å². The Hall–Kier alpha value is -2.16. The van der Waals surface area contributed by atoms with Gasteiger partial charge in [-0.2, -0.15) is 13.5 Å². The molecular formula is C28H27BrClFN2O2S. The molecular weight excluding hydrogens is 563 g/mol. The molecule has 1 saturated heterocycles. The smallest absolute Gasteiger partial charge is 0.252 e. The molecule has 4 nitrogen and oxygen atoms in total. The van der Waals surface area contributed by atoms with E-state index in [0.29, 0.717) is 30.0 Å². The van der Waals surface area contributed by atoms with E-state index in [1.165, 1.54) is 12.1 Å². The third-order valence-corrected chi connectivity index (χ3v) is 7.75. The van der Waals surface area contributed by atoms with E-state index in [9.17, 15) is 14.3 Å². The number of nitrogens with one attached hydrogen (secondary N) is 2. The number of hydrogen-bond acceptors (Lipinski definition) is 3. The molecule has 0 spiro atoms. The molecule has 2 heterocycles. The van der Waals surface area contributed by atoms with Crippen molar-refractivity contribution in [3.05, 3.63) is 115 Å². The van der Waals surface area contributed by atoms with Gasteiger partial charge < -0.3 is 15.4 Å². The number of aliphatic hydroxyl groups is 1. The molecule has 0 aliphatic carbocycles. The molecule has 3 aromatic carbocycles. The second-order valence-corrected chi connectivity index (χ2v) is 10.7. The van der Waals surface area contributed by atoms with E-state index >= 15 is 0 Å². The van der Waals surface area contributed by atoms with Crippen molar-refractivity contribution in [3.8, 4) is 0 Å². The summed E-state index contributed by atoms with van der Waals surface area (Å²) in [6.45, 7) is 2.43. The summed E-state index contributed by atoms with van der Waals surface area (Å²) in [6.07, 6.45) is 0.815. The van der Waals surface area contributed by atoms with Gasteiger partial charge in [0.2, 0.25) is 0 Å². The van der Waals surface area contributed by atoms with Gasteiger partial charge in [0.25, 0.3) is 5.56 Å². The summed E-state index contributed by atoms with van der Waals surface area (Å²) in [5.41, 5.74) is 2.34. The molecule has 1 aliphatic rings. The molecule has 188 valence electrons. The van der Waals surface area contributed by atoms with Gasteiger partial charge in [-0.25, -0.2) is 4.39 Å². The van der Waals surface area contributed by atoms with Gasteiger partial charge in [-0.15, -0.1) is 0 Å². The minimum absolute atomic E-state index is 0. The van der Waals surface area contributed by atoms with Crippen LogP contribution in [0.2, 0.25) is 5.02 Å². The number of benzene rings is 3. The van der Waals surface area contributed by atoms with Gasteiger partial charge in [0, 0.05) is 32.5 Å². The van der Waals surface area contributed by atoms with Crippen LogP contribution in [0.25, 0.3) is 10.9 Å². The number of aryl methyl sites for hydroxylation is 1. The number of hydrogen-bond donors (Lipinski definition) is 3. The fourth-order valence-electron chi connectivity index (χ4n) is 5.35. The molecule has 4 aromatic rings. The Bertz CT molecular complexity index is 1460. The topological polar surface area (TPSA) is 65.1 Å². The van der Waals surface area contributed by atoms with Crippen LogP contribution in [0.15, 0.2) is 76.0 Å². The van der Waals surface area contributed by atoms with Gasteiger partial charge in [-0.05, 0) is 96.9 Å². The highest BCUT2D eigenvalue weighted by molar-refractivity contribution is 9.10. The van der Waals surface area contributed by atoms with Gasteiger partial charge in [-0.3, -0.25) is 4.79 Å². The van der Waals surface area contributed by atoms with E-state index in [1.54, 1.807) is 18.2 Å². The molecule has 5 rings (SSSR count). The Morgan fingerprint density at radius 3 is 2.58 bits per heavy atom. The minimum Gasteiger partial charge on any atom is -0.389 e. The third kappa shape index (κ3) is 5.27. The molecule has 0 bridgehead atoms. The molecule has 8 heteroatoms. The van der Waals surface area contributed by atoms with Crippen LogP contribution in [-0.2, 0) is 0 Å². The molecule has 1 fully saturated rings. The molecule has 0 amide bonds. The Morgan fingerprint density at radius 2 is 1.86 bits per heavy atom. The van der Waals surface area contributed by atoms with E-state index < -0.39 is 11.5 Å². The van der Waals surface area contributed by atoms with Crippen LogP contribution in [0.3, 0.4) is 0 Å². The fraction of sp³-hybridized carbons (Fsp3) is 0.250. The zero-order valence-corrected chi connectivity index (χ0v) is 23.0. The van der Waals surface area contributed by atoms with E-state index in [4.69, 9.17) is 11.6 Å². The molecule has 3 N–H and O–H groups in total. The predicted octanol–water partition coefficient (Wildman–Crippen LogP) is 6.49. The van der Waals surface area contributed by atoms with Gasteiger partial charge in [0.1, 0.15) is 5.82 Å². The molecule has 3 atom stereocenters. The number of H-pyrrole nitrogens is 1. The number of halogens is 3. The lowest BCUT2D eigenvalue weighted by atomic mass is 9.70. The second-order valence-electron chi connectivity index (χ2n) is 9.34. The summed E-state index contributed by atoms with van der Waals surface area (Å²) in [4.78, 5) is 16.4. The van der Waals surface area contributed by atoms with Crippen molar-refractivity contribution in [2.24, 2.45) is 0 Å². The summed E-state index contributed by atoms with van der Waals surface area (Å²) in [5.74, 6) is -0.873. The van der Waals surface area contributed by atoms with Crippen molar-refractivity contribution in [1.29, 1.82) is 0 Å². The number of aromatic nitrogens is 1. The largest absolute Gasteiger partial charge is 0.389 e. The van der Waals surface area contributed by atoms with Crippen LogP contribution in [-0.4, -0.2) is 22.2 Å². The Morgan fingerprint density at radius 1 is 1.11 bits per heavy atom. The van der Waals surface area contributed by atoms with Crippen LogP contribution >= 0.6 is 41.0 Å². The molecule has 0 radical (unpaired) electrons. The first-order chi connectivity index (χ1) is 16.7. The molecule has 3 unspecified atom stereocenters. The summed E-state index contributed by atoms with van der Waals surface area (Å²) in [6, 6.07) is 19.4. The van der Waals surface area contributed by atoms with Gasteiger partial charge >= 0.3 is 0 Å². The fourth-order valence-corrected chi connectivity index (χ4v) is 5.85. The summed E-state index contributed by atoms with van der Waals surface area (Å²) >= 11 is 9.67. The monoisotopic (exact) mass is 588 g/mol. The number of fused-ring (bicyclic) bond motifs is 1. The standard InChI is InChI=1S/C28H25BrClFN2O2.H2S/c1-16-12-21(31)7-8-22(16)25-15-28(35,10-11-32-25)26(17-2-5-20(30)6-3-17)23-14-18-13-19(29)4-9-24(18)33-27(23)34;/h2-9,12-14,25-26,32,35H,10-11,15H2,1H3,(H,33,34);1H2. The normalized spacial score (nSPS) is 20.6. The van der Waals surface area contributed by atoms with Crippen LogP contribution in [0.5, 0.6) is 0 Å². The van der Waals surface area contributed by atoms with Crippen LogP contribution in [0.4, 0.5) is 4.39 Å². The minimum atomic E-state index is -1.22. The van der Waals surface area contributed by atoms with E-state index in [0.717, 1.165) is 32.1 Å². The third-order valence-electron chi connectivity index (χ3n) is 7.00. The van der Waals surface area contributed by atoms with Crippen molar-refractivity contribution in [2.45, 2.75) is 37.3 Å². The second kappa shape index (κ2) is 10.7. The highest BCUT2D eigenvalue weighted by atomic mass is 79.9. The maximum atomic E-state index is 13.7. The van der Waals surface area contributed by atoms with E-state index in [2.05, 4.69) is 26.2 Å². The summed E-state index contributed by atoms with van der Waals surface area (Å²) in [7, 11) is 0. The van der Waals surface area contributed by atoms with Crippen molar-refractivity contribution < 1.29 is 9.50 Å². The first kappa shape index (κ1) is 26.9. The molecule has 1 aromatic heterocycles. The number of rotatable bonds is 4. The first-order valence-corrected chi connectivity index (χ1v) is 12.7. The van der Waals surface area contributed by atoms with Crippen molar-refractivity contribution in [3.63, 3.8) is 0 Å². The molecule has 0 saturated carbocycles. The average molecular weight is 590 g/mol. The SMILES string of the molecule is Cc1cc(F)ccc1C1CC(O)(C(c2ccc(Cl)cc2)c2cc3cc(Br)ccc3[nH]c2=O)CCN1.S. The highest BCUT2D eigenvalue weighted by Gasteiger charge is 2.44.